The van der Waals surface area contributed by atoms with Crippen molar-refractivity contribution in [3.8, 4) is 11.3 Å². The zero-order valence-electron chi connectivity index (χ0n) is 8.24. The molecule has 0 fully saturated rings. The maximum Gasteiger partial charge on any atom is 0.159 e. The lowest BCUT2D eigenvalue weighted by molar-refractivity contribution is 0.509. The SMILES string of the molecule is Nc1ccc(-c2ccc(F)c(F)c2)nc1N. The molecule has 16 heavy (non-hydrogen) atoms. The van der Waals surface area contributed by atoms with E-state index in [0.29, 0.717) is 16.9 Å². The molecule has 3 nitrogen and oxygen atoms in total. The molecule has 0 saturated heterocycles. The smallest absolute Gasteiger partial charge is 0.159 e. The Morgan fingerprint density at radius 2 is 1.69 bits per heavy atom. The highest BCUT2D eigenvalue weighted by atomic mass is 19.2. The molecular formula is C11H9F2N3. The lowest BCUT2D eigenvalue weighted by Gasteiger charge is -2.04. The first-order valence-electron chi connectivity index (χ1n) is 4.55. The van der Waals surface area contributed by atoms with E-state index in [1.165, 1.54) is 6.07 Å². The minimum Gasteiger partial charge on any atom is -0.396 e. The van der Waals surface area contributed by atoms with Crippen LogP contribution in [-0.2, 0) is 0 Å². The van der Waals surface area contributed by atoms with Crippen LogP contribution < -0.4 is 11.5 Å². The Morgan fingerprint density at radius 1 is 0.938 bits per heavy atom. The average molecular weight is 221 g/mol. The average Bonchev–Trinajstić information content (AvgIpc) is 2.26. The lowest BCUT2D eigenvalue weighted by Crippen LogP contribution is -1.98. The molecule has 1 heterocycles. The van der Waals surface area contributed by atoms with Gasteiger partial charge in [0.25, 0.3) is 0 Å². The van der Waals surface area contributed by atoms with Gasteiger partial charge >= 0.3 is 0 Å². The van der Waals surface area contributed by atoms with Gasteiger partial charge in [-0.2, -0.15) is 0 Å². The summed E-state index contributed by atoms with van der Waals surface area (Å²) in [7, 11) is 0. The Hall–Kier alpha value is -2.17. The number of hydrogen-bond acceptors (Lipinski definition) is 3. The lowest BCUT2D eigenvalue weighted by atomic mass is 10.1. The summed E-state index contributed by atoms with van der Waals surface area (Å²) in [6.45, 7) is 0. The predicted octanol–water partition coefficient (Wildman–Crippen LogP) is 2.19. The third-order valence-electron chi connectivity index (χ3n) is 2.17. The van der Waals surface area contributed by atoms with Gasteiger partial charge in [0.1, 0.15) is 5.82 Å². The summed E-state index contributed by atoms with van der Waals surface area (Å²) >= 11 is 0. The quantitative estimate of drug-likeness (QED) is 0.775. The molecule has 0 unspecified atom stereocenters. The normalized spacial score (nSPS) is 10.4. The summed E-state index contributed by atoms with van der Waals surface area (Å²) in [5.41, 5.74) is 12.3. The van der Waals surface area contributed by atoms with Crippen molar-refractivity contribution in [2.24, 2.45) is 0 Å². The van der Waals surface area contributed by atoms with Crippen LogP contribution in [0.3, 0.4) is 0 Å². The third kappa shape index (κ3) is 1.79. The molecule has 0 aliphatic heterocycles. The summed E-state index contributed by atoms with van der Waals surface area (Å²) in [4.78, 5) is 3.98. The second-order valence-electron chi connectivity index (χ2n) is 3.30. The van der Waals surface area contributed by atoms with Gasteiger partial charge in [-0.25, -0.2) is 13.8 Å². The topological polar surface area (TPSA) is 64.9 Å². The number of rotatable bonds is 1. The van der Waals surface area contributed by atoms with E-state index in [1.807, 2.05) is 0 Å². The molecule has 0 spiro atoms. The highest BCUT2D eigenvalue weighted by Crippen LogP contribution is 2.22. The van der Waals surface area contributed by atoms with Gasteiger partial charge in [0, 0.05) is 5.56 Å². The van der Waals surface area contributed by atoms with Gasteiger partial charge in [-0.05, 0) is 30.3 Å². The Balaban J connectivity index is 2.50. The summed E-state index contributed by atoms with van der Waals surface area (Å²) in [6, 6.07) is 6.69. The molecule has 2 aromatic rings. The molecule has 4 N–H and O–H groups in total. The van der Waals surface area contributed by atoms with Crippen molar-refractivity contribution in [2.75, 3.05) is 11.5 Å². The van der Waals surface area contributed by atoms with Crippen molar-refractivity contribution in [2.45, 2.75) is 0 Å². The van der Waals surface area contributed by atoms with Gasteiger partial charge < -0.3 is 11.5 Å². The van der Waals surface area contributed by atoms with Crippen molar-refractivity contribution in [3.05, 3.63) is 42.0 Å². The first-order chi connectivity index (χ1) is 7.58. The van der Waals surface area contributed by atoms with E-state index in [9.17, 15) is 8.78 Å². The third-order valence-corrected chi connectivity index (χ3v) is 2.17. The fourth-order valence-electron chi connectivity index (χ4n) is 1.30. The van der Waals surface area contributed by atoms with Gasteiger partial charge in [-0.1, -0.05) is 0 Å². The van der Waals surface area contributed by atoms with Crippen molar-refractivity contribution in [3.63, 3.8) is 0 Å². The van der Waals surface area contributed by atoms with Crippen LogP contribution in [0, 0.1) is 11.6 Å². The van der Waals surface area contributed by atoms with Gasteiger partial charge in [-0.15, -0.1) is 0 Å². The Bertz CT molecular complexity index is 491. The van der Waals surface area contributed by atoms with Crippen LogP contribution in [0.2, 0.25) is 0 Å². The van der Waals surface area contributed by atoms with Gasteiger partial charge in [0.2, 0.25) is 0 Å². The number of benzene rings is 1. The van der Waals surface area contributed by atoms with E-state index in [2.05, 4.69) is 4.98 Å². The molecule has 82 valence electrons. The number of nitrogens with zero attached hydrogens (tertiary/aromatic N) is 1. The van der Waals surface area contributed by atoms with Crippen LogP contribution in [0.1, 0.15) is 0 Å². The van der Waals surface area contributed by atoms with Crippen LogP contribution >= 0.6 is 0 Å². The summed E-state index contributed by atoms with van der Waals surface area (Å²) in [6.07, 6.45) is 0. The molecule has 0 aliphatic rings. The van der Waals surface area contributed by atoms with Gasteiger partial charge in [-0.3, -0.25) is 0 Å². The van der Waals surface area contributed by atoms with Crippen LogP contribution in [0.25, 0.3) is 11.3 Å². The van der Waals surface area contributed by atoms with E-state index in [-0.39, 0.29) is 5.82 Å². The Labute approximate surface area is 90.7 Å². The molecule has 0 amide bonds. The first-order valence-corrected chi connectivity index (χ1v) is 4.55. The number of anilines is 2. The molecular weight excluding hydrogens is 212 g/mol. The van der Waals surface area contributed by atoms with Crippen LogP contribution in [-0.4, -0.2) is 4.98 Å². The molecule has 1 aromatic carbocycles. The zero-order chi connectivity index (χ0) is 11.7. The van der Waals surface area contributed by atoms with E-state index in [1.54, 1.807) is 12.1 Å². The van der Waals surface area contributed by atoms with Crippen LogP contribution in [0.4, 0.5) is 20.3 Å². The highest BCUT2D eigenvalue weighted by molar-refractivity contribution is 5.67. The Morgan fingerprint density at radius 3 is 2.31 bits per heavy atom. The number of halogens is 2. The second-order valence-corrected chi connectivity index (χ2v) is 3.30. The molecule has 1 aromatic heterocycles. The zero-order valence-corrected chi connectivity index (χ0v) is 8.24. The fraction of sp³-hybridized carbons (Fsp3) is 0. The van der Waals surface area contributed by atoms with Gasteiger partial charge in [0.05, 0.1) is 11.4 Å². The standard InChI is InChI=1S/C11H9F2N3/c12-7-2-1-6(5-8(7)13)10-4-3-9(14)11(15)16-10/h1-5H,14H2,(H2,15,16). The number of nitrogens with two attached hydrogens (primary N) is 2. The van der Waals surface area contributed by atoms with E-state index in [4.69, 9.17) is 11.5 Å². The maximum atomic E-state index is 13.0. The number of aromatic nitrogens is 1. The maximum absolute atomic E-state index is 13.0. The van der Waals surface area contributed by atoms with E-state index >= 15 is 0 Å². The first kappa shape index (κ1) is 10.4. The second kappa shape index (κ2) is 3.77. The van der Waals surface area contributed by atoms with Gasteiger partial charge in [0.15, 0.2) is 11.6 Å². The van der Waals surface area contributed by atoms with Crippen molar-refractivity contribution >= 4 is 11.5 Å². The van der Waals surface area contributed by atoms with Crippen molar-refractivity contribution in [1.29, 1.82) is 0 Å². The molecule has 0 saturated carbocycles. The van der Waals surface area contributed by atoms with Crippen molar-refractivity contribution < 1.29 is 8.78 Å². The monoisotopic (exact) mass is 221 g/mol. The highest BCUT2D eigenvalue weighted by Gasteiger charge is 2.06. The fourth-order valence-corrected chi connectivity index (χ4v) is 1.30. The largest absolute Gasteiger partial charge is 0.396 e. The summed E-state index contributed by atoms with van der Waals surface area (Å²) < 4.78 is 25.7. The molecule has 0 atom stereocenters. The molecule has 2 rings (SSSR count). The predicted molar refractivity (Wildman–Crippen MR) is 58.4 cm³/mol. The minimum absolute atomic E-state index is 0.169. The minimum atomic E-state index is -0.922. The number of nitrogen functional groups attached to an aromatic ring is 2. The Kier molecular flexibility index (Phi) is 2.44. The number of pyridine rings is 1. The number of hydrogen-bond donors (Lipinski definition) is 2. The molecule has 0 radical (unpaired) electrons. The summed E-state index contributed by atoms with van der Waals surface area (Å²) in [5.74, 6) is -1.65. The van der Waals surface area contributed by atoms with Crippen LogP contribution in [0.5, 0.6) is 0 Å². The van der Waals surface area contributed by atoms with E-state index < -0.39 is 11.6 Å². The van der Waals surface area contributed by atoms with Crippen LogP contribution in [0.15, 0.2) is 30.3 Å². The molecule has 0 aliphatic carbocycles. The molecule has 0 bridgehead atoms. The molecule has 5 heteroatoms. The summed E-state index contributed by atoms with van der Waals surface area (Å²) in [5, 5.41) is 0. The van der Waals surface area contributed by atoms with Crippen molar-refractivity contribution in [1.82, 2.24) is 4.98 Å². The van der Waals surface area contributed by atoms with E-state index in [0.717, 1.165) is 12.1 Å².